The highest BCUT2D eigenvalue weighted by Crippen LogP contribution is 2.19. The van der Waals surface area contributed by atoms with Crippen LogP contribution in [-0.2, 0) is 6.54 Å². The van der Waals surface area contributed by atoms with Crippen LogP contribution in [0, 0.1) is 12.8 Å². The minimum Gasteiger partial charge on any atom is -0.317 e. The standard InChI is InChI=1S/C10H16BrN3/c1-8-6-13-14(10(8)11)7-9-2-4-12-5-3-9/h6,9,12H,2-5,7H2,1H3. The zero-order valence-corrected chi connectivity index (χ0v) is 10.0. The van der Waals surface area contributed by atoms with E-state index in [-0.39, 0.29) is 0 Å². The van der Waals surface area contributed by atoms with Gasteiger partial charge in [0.1, 0.15) is 4.60 Å². The van der Waals surface area contributed by atoms with Crippen LogP contribution in [0.15, 0.2) is 10.8 Å². The van der Waals surface area contributed by atoms with Crippen molar-refractivity contribution in [2.24, 2.45) is 5.92 Å². The molecule has 0 atom stereocenters. The van der Waals surface area contributed by atoms with Crippen LogP contribution in [0.3, 0.4) is 0 Å². The molecule has 1 N–H and O–H groups in total. The van der Waals surface area contributed by atoms with Gasteiger partial charge in [-0.1, -0.05) is 0 Å². The van der Waals surface area contributed by atoms with Crippen LogP contribution in [-0.4, -0.2) is 22.9 Å². The van der Waals surface area contributed by atoms with Gasteiger partial charge in [0.05, 0.1) is 6.20 Å². The first kappa shape index (κ1) is 10.2. The smallest absolute Gasteiger partial charge is 0.106 e. The summed E-state index contributed by atoms with van der Waals surface area (Å²) in [6, 6.07) is 0. The summed E-state index contributed by atoms with van der Waals surface area (Å²) >= 11 is 3.56. The lowest BCUT2D eigenvalue weighted by molar-refractivity contribution is 0.319. The van der Waals surface area contributed by atoms with Crippen molar-refractivity contribution in [3.8, 4) is 0 Å². The van der Waals surface area contributed by atoms with E-state index in [2.05, 4.69) is 38.0 Å². The molecular formula is C10H16BrN3. The van der Waals surface area contributed by atoms with Gasteiger partial charge in [-0.05, 0) is 54.7 Å². The zero-order valence-electron chi connectivity index (χ0n) is 8.46. The third-order valence-electron chi connectivity index (χ3n) is 2.83. The molecule has 1 aliphatic heterocycles. The molecule has 1 fully saturated rings. The SMILES string of the molecule is Cc1cnn(CC2CCNCC2)c1Br. The average molecular weight is 258 g/mol. The number of rotatable bonds is 2. The Morgan fingerprint density at radius 1 is 1.57 bits per heavy atom. The number of halogens is 1. The summed E-state index contributed by atoms with van der Waals surface area (Å²) in [6.45, 7) is 5.44. The zero-order chi connectivity index (χ0) is 9.97. The summed E-state index contributed by atoms with van der Waals surface area (Å²) in [6.07, 6.45) is 4.46. The number of hydrogen-bond acceptors (Lipinski definition) is 2. The van der Waals surface area contributed by atoms with Gasteiger partial charge in [-0.2, -0.15) is 5.10 Å². The number of aromatic nitrogens is 2. The van der Waals surface area contributed by atoms with E-state index in [9.17, 15) is 0 Å². The van der Waals surface area contributed by atoms with Gasteiger partial charge in [0.15, 0.2) is 0 Å². The third kappa shape index (κ3) is 2.17. The van der Waals surface area contributed by atoms with E-state index >= 15 is 0 Å². The second-order valence-electron chi connectivity index (χ2n) is 3.99. The lowest BCUT2D eigenvalue weighted by Crippen LogP contribution is -2.30. The molecule has 1 aromatic rings. The molecule has 0 saturated carbocycles. The molecule has 0 aromatic carbocycles. The van der Waals surface area contributed by atoms with Crippen molar-refractivity contribution in [1.29, 1.82) is 0 Å². The highest BCUT2D eigenvalue weighted by atomic mass is 79.9. The van der Waals surface area contributed by atoms with Crippen LogP contribution in [0.5, 0.6) is 0 Å². The van der Waals surface area contributed by atoms with Crippen molar-refractivity contribution < 1.29 is 0 Å². The molecule has 0 radical (unpaired) electrons. The molecule has 2 heterocycles. The molecule has 0 aliphatic carbocycles. The number of aryl methyl sites for hydroxylation is 1. The average Bonchev–Trinajstić information content (AvgIpc) is 2.52. The molecule has 78 valence electrons. The fraction of sp³-hybridized carbons (Fsp3) is 0.700. The minimum absolute atomic E-state index is 0.784. The molecule has 0 unspecified atom stereocenters. The highest BCUT2D eigenvalue weighted by molar-refractivity contribution is 9.10. The van der Waals surface area contributed by atoms with Crippen LogP contribution in [0.1, 0.15) is 18.4 Å². The number of nitrogens with zero attached hydrogens (tertiary/aromatic N) is 2. The molecule has 2 rings (SSSR count). The Kier molecular flexibility index (Phi) is 3.23. The van der Waals surface area contributed by atoms with Gasteiger partial charge < -0.3 is 5.32 Å². The van der Waals surface area contributed by atoms with E-state index in [1.165, 1.54) is 18.4 Å². The first-order chi connectivity index (χ1) is 6.77. The Morgan fingerprint density at radius 2 is 2.29 bits per heavy atom. The van der Waals surface area contributed by atoms with Crippen molar-refractivity contribution in [3.63, 3.8) is 0 Å². The van der Waals surface area contributed by atoms with Gasteiger partial charge in [-0.15, -0.1) is 0 Å². The summed E-state index contributed by atoms with van der Waals surface area (Å²) in [5.74, 6) is 0.784. The van der Waals surface area contributed by atoms with Crippen molar-refractivity contribution in [2.45, 2.75) is 26.3 Å². The fourth-order valence-corrected chi connectivity index (χ4v) is 2.24. The quantitative estimate of drug-likeness (QED) is 0.878. The van der Waals surface area contributed by atoms with E-state index in [1.807, 2.05) is 6.20 Å². The van der Waals surface area contributed by atoms with Gasteiger partial charge in [0.2, 0.25) is 0 Å². The topological polar surface area (TPSA) is 29.9 Å². The van der Waals surface area contributed by atoms with E-state index < -0.39 is 0 Å². The van der Waals surface area contributed by atoms with Gasteiger partial charge in [0.25, 0.3) is 0 Å². The fourth-order valence-electron chi connectivity index (χ4n) is 1.90. The van der Waals surface area contributed by atoms with Crippen LogP contribution in [0.25, 0.3) is 0 Å². The molecular weight excluding hydrogens is 242 g/mol. The predicted octanol–water partition coefficient (Wildman–Crippen LogP) is 1.95. The predicted molar refractivity (Wildman–Crippen MR) is 60.3 cm³/mol. The van der Waals surface area contributed by atoms with E-state index in [1.54, 1.807) is 0 Å². The summed E-state index contributed by atoms with van der Waals surface area (Å²) in [7, 11) is 0. The van der Waals surface area contributed by atoms with E-state index in [0.717, 1.165) is 30.2 Å². The van der Waals surface area contributed by atoms with Crippen molar-refractivity contribution >= 4 is 15.9 Å². The Balaban J connectivity index is 1.99. The largest absolute Gasteiger partial charge is 0.317 e. The van der Waals surface area contributed by atoms with Gasteiger partial charge in [-0.3, -0.25) is 4.68 Å². The Labute approximate surface area is 93.0 Å². The van der Waals surface area contributed by atoms with Crippen molar-refractivity contribution in [1.82, 2.24) is 15.1 Å². The maximum absolute atomic E-state index is 4.36. The maximum atomic E-state index is 4.36. The monoisotopic (exact) mass is 257 g/mol. The number of piperidine rings is 1. The van der Waals surface area contributed by atoms with Crippen LogP contribution >= 0.6 is 15.9 Å². The Bertz CT molecular complexity index is 302. The molecule has 3 nitrogen and oxygen atoms in total. The maximum Gasteiger partial charge on any atom is 0.106 e. The first-order valence-electron chi connectivity index (χ1n) is 5.16. The molecule has 0 spiro atoms. The van der Waals surface area contributed by atoms with E-state index in [4.69, 9.17) is 0 Å². The second-order valence-corrected chi connectivity index (χ2v) is 4.75. The Morgan fingerprint density at radius 3 is 2.86 bits per heavy atom. The molecule has 0 amide bonds. The van der Waals surface area contributed by atoms with Crippen LogP contribution in [0.2, 0.25) is 0 Å². The Hall–Kier alpha value is -0.350. The molecule has 0 bridgehead atoms. The number of hydrogen-bond donors (Lipinski definition) is 1. The van der Waals surface area contributed by atoms with Crippen LogP contribution < -0.4 is 5.32 Å². The first-order valence-corrected chi connectivity index (χ1v) is 5.95. The van der Waals surface area contributed by atoms with Crippen LogP contribution in [0.4, 0.5) is 0 Å². The molecule has 14 heavy (non-hydrogen) atoms. The van der Waals surface area contributed by atoms with Gasteiger partial charge in [-0.25, -0.2) is 0 Å². The second kappa shape index (κ2) is 4.45. The summed E-state index contributed by atoms with van der Waals surface area (Å²) in [4.78, 5) is 0. The van der Waals surface area contributed by atoms with E-state index in [0.29, 0.717) is 0 Å². The lowest BCUT2D eigenvalue weighted by atomic mass is 9.98. The summed E-state index contributed by atoms with van der Waals surface area (Å²) < 4.78 is 3.21. The summed E-state index contributed by atoms with van der Waals surface area (Å²) in [5.41, 5.74) is 1.22. The van der Waals surface area contributed by atoms with Gasteiger partial charge >= 0.3 is 0 Å². The minimum atomic E-state index is 0.784. The normalized spacial score (nSPS) is 18.7. The molecule has 4 heteroatoms. The lowest BCUT2D eigenvalue weighted by Gasteiger charge is -2.22. The van der Waals surface area contributed by atoms with Gasteiger partial charge in [0, 0.05) is 12.1 Å². The molecule has 1 aliphatic rings. The number of nitrogens with one attached hydrogen (secondary N) is 1. The molecule has 1 aromatic heterocycles. The van der Waals surface area contributed by atoms with Crippen molar-refractivity contribution in [3.05, 3.63) is 16.4 Å². The highest BCUT2D eigenvalue weighted by Gasteiger charge is 2.15. The molecule has 1 saturated heterocycles. The third-order valence-corrected chi connectivity index (χ3v) is 3.87. The summed E-state index contributed by atoms with van der Waals surface area (Å²) in [5, 5.41) is 7.74. The van der Waals surface area contributed by atoms with Crippen molar-refractivity contribution in [2.75, 3.05) is 13.1 Å².